The molecule has 1 heterocycles. The zero-order chi connectivity index (χ0) is 9.03. The molecule has 2 N–H and O–H groups in total. The average molecular weight is 186 g/mol. The Kier molecular flexibility index (Phi) is 3.20. The Balaban J connectivity index is 2.36. The molecular formula is C8H14N2OS. The molecule has 12 heavy (non-hydrogen) atoms. The first-order valence-electron chi connectivity index (χ1n) is 3.87. The summed E-state index contributed by atoms with van der Waals surface area (Å²) in [4.78, 5) is 5.16. The van der Waals surface area contributed by atoms with E-state index in [0.717, 1.165) is 6.54 Å². The van der Waals surface area contributed by atoms with Crippen molar-refractivity contribution in [1.82, 2.24) is 10.3 Å². The molecule has 0 aliphatic carbocycles. The highest BCUT2D eigenvalue weighted by Crippen LogP contribution is 2.07. The van der Waals surface area contributed by atoms with Gasteiger partial charge in [-0.25, -0.2) is 0 Å². The second-order valence-electron chi connectivity index (χ2n) is 3.36. The number of nitrogens with zero attached hydrogens (tertiary/aromatic N) is 1. The fraction of sp³-hybridized carbons (Fsp3) is 0.625. The second-order valence-corrected chi connectivity index (χ2v) is 4.33. The van der Waals surface area contributed by atoms with Crippen LogP contribution in [-0.2, 0) is 6.54 Å². The van der Waals surface area contributed by atoms with Crippen LogP contribution in [-0.4, -0.2) is 22.2 Å². The van der Waals surface area contributed by atoms with Crippen LogP contribution in [0.25, 0.3) is 0 Å². The van der Waals surface area contributed by atoms with Gasteiger partial charge in [-0.2, -0.15) is 0 Å². The van der Waals surface area contributed by atoms with Gasteiger partial charge in [-0.05, 0) is 13.8 Å². The van der Waals surface area contributed by atoms with E-state index in [-0.39, 0.29) is 12.1 Å². The van der Waals surface area contributed by atoms with Crippen molar-refractivity contribution >= 4 is 11.3 Å². The molecule has 1 rings (SSSR count). The van der Waals surface area contributed by atoms with Crippen LogP contribution in [0.2, 0.25) is 0 Å². The number of nitrogens with one attached hydrogen (secondary N) is 1. The van der Waals surface area contributed by atoms with Gasteiger partial charge in [-0.1, -0.05) is 0 Å². The molecule has 68 valence electrons. The van der Waals surface area contributed by atoms with E-state index in [2.05, 4.69) is 10.3 Å². The van der Waals surface area contributed by atoms with Gasteiger partial charge in [0.2, 0.25) is 0 Å². The van der Waals surface area contributed by atoms with E-state index in [0.29, 0.717) is 0 Å². The van der Waals surface area contributed by atoms with Crippen LogP contribution < -0.4 is 5.32 Å². The van der Waals surface area contributed by atoms with E-state index in [1.165, 1.54) is 4.88 Å². The maximum absolute atomic E-state index is 8.95. The highest BCUT2D eigenvalue weighted by atomic mass is 32.1. The van der Waals surface area contributed by atoms with Gasteiger partial charge in [0.15, 0.2) is 0 Å². The summed E-state index contributed by atoms with van der Waals surface area (Å²) in [5.74, 6) is 0. The van der Waals surface area contributed by atoms with E-state index in [1.54, 1.807) is 11.3 Å². The predicted octanol–water partition coefficient (Wildman–Crippen LogP) is 1.00. The number of rotatable bonds is 4. The number of aliphatic hydroxyl groups is 1. The molecular weight excluding hydrogens is 172 g/mol. The molecule has 0 saturated carbocycles. The third-order valence-electron chi connectivity index (χ3n) is 1.62. The van der Waals surface area contributed by atoms with E-state index < -0.39 is 0 Å². The molecule has 3 nitrogen and oxygen atoms in total. The van der Waals surface area contributed by atoms with Gasteiger partial charge in [0.25, 0.3) is 0 Å². The smallest absolute Gasteiger partial charge is 0.0794 e. The fourth-order valence-electron chi connectivity index (χ4n) is 0.712. The standard InChI is InChI=1S/C8H14N2OS/c1-8(2,5-11)10-4-7-3-9-6-12-7/h3,6,10-11H,4-5H2,1-2H3. The van der Waals surface area contributed by atoms with Crippen LogP contribution in [0.4, 0.5) is 0 Å². The normalized spacial score (nSPS) is 11.9. The molecule has 0 aromatic carbocycles. The maximum Gasteiger partial charge on any atom is 0.0794 e. The van der Waals surface area contributed by atoms with Crippen LogP contribution in [0.5, 0.6) is 0 Å². The van der Waals surface area contributed by atoms with Gasteiger partial charge in [0.1, 0.15) is 0 Å². The molecule has 0 spiro atoms. The summed E-state index contributed by atoms with van der Waals surface area (Å²) in [5, 5.41) is 12.2. The maximum atomic E-state index is 8.95. The highest BCUT2D eigenvalue weighted by molar-refractivity contribution is 7.09. The van der Waals surface area contributed by atoms with Crippen LogP contribution in [0.3, 0.4) is 0 Å². The quantitative estimate of drug-likeness (QED) is 0.737. The van der Waals surface area contributed by atoms with Crippen molar-refractivity contribution in [3.63, 3.8) is 0 Å². The summed E-state index contributed by atoms with van der Waals surface area (Å²) < 4.78 is 0. The minimum atomic E-state index is -0.204. The van der Waals surface area contributed by atoms with E-state index in [4.69, 9.17) is 5.11 Å². The first kappa shape index (κ1) is 9.64. The van der Waals surface area contributed by atoms with Gasteiger partial charge < -0.3 is 10.4 Å². The van der Waals surface area contributed by atoms with Crippen molar-refractivity contribution in [3.8, 4) is 0 Å². The second kappa shape index (κ2) is 3.98. The van der Waals surface area contributed by atoms with Crippen molar-refractivity contribution < 1.29 is 5.11 Å². The molecule has 0 fully saturated rings. The fourth-order valence-corrected chi connectivity index (χ4v) is 1.25. The van der Waals surface area contributed by atoms with Crippen molar-refractivity contribution in [2.24, 2.45) is 0 Å². The zero-order valence-electron chi connectivity index (χ0n) is 7.37. The number of hydrogen-bond acceptors (Lipinski definition) is 4. The molecule has 1 aromatic rings. The number of thiazole rings is 1. The summed E-state index contributed by atoms with van der Waals surface area (Å²) in [6.45, 7) is 4.85. The molecule has 0 bridgehead atoms. The summed E-state index contributed by atoms with van der Waals surface area (Å²) in [6, 6.07) is 0. The van der Waals surface area contributed by atoms with E-state index in [9.17, 15) is 0 Å². The SMILES string of the molecule is CC(C)(CO)NCc1cncs1. The first-order chi connectivity index (χ1) is 5.64. The summed E-state index contributed by atoms with van der Waals surface area (Å²) in [6.07, 6.45) is 1.84. The topological polar surface area (TPSA) is 45.1 Å². The molecule has 4 heteroatoms. The van der Waals surface area contributed by atoms with Gasteiger partial charge in [0.05, 0.1) is 12.1 Å². The van der Waals surface area contributed by atoms with Crippen molar-refractivity contribution in [2.45, 2.75) is 25.9 Å². The van der Waals surface area contributed by atoms with Crippen LogP contribution in [0.1, 0.15) is 18.7 Å². The Morgan fingerprint density at radius 1 is 1.67 bits per heavy atom. The summed E-state index contributed by atoms with van der Waals surface area (Å²) >= 11 is 1.62. The zero-order valence-corrected chi connectivity index (χ0v) is 8.19. The molecule has 0 aliphatic rings. The lowest BCUT2D eigenvalue weighted by Crippen LogP contribution is -2.41. The van der Waals surface area contributed by atoms with Crippen molar-refractivity contribution in [1.29, 1.82) is 0 Å². The number of hydrogen-bond donors (Lipinski definition) is 2. The lowest BCUT2D eigenvalue weighted by atomic mass is 10.1. The largest absolute Gasteiger partial charge is 0.394 e. The van der Waals surface area contributed by atoms with Gasteiger partial charge >= 0.3 is 0 Å². The lowest BCUT2D eigenvalue weighted by Gasteiger charge is -2.22. The minimum absolute atomic E-state index is 0.145. The van der Waals surface area contributed by atoms with Crippen molar-refractivity contribution in [3.05, 3.63) is 16.6 Å². The number of aliphatic hydroxyl groups excluding tert-OH is 1. The molecule has 0 radical (unpaired) electrons. The summed E-state index contributed by atoms with van der Waals surface area (Å²) in [5.41, 5.74) is 1.60. The predicted molar refractivity (Wildman–Crippen MR) is 50.1 cm³/mol. The van der Waals surface area contributed by atoms with E-state index >= 15 is 0 Å². The average Bonchev–Trinajstić information content (AvgIpc) is 2.53. The monoisotopic (exact) mass is 186 g/mol. The number of aromatic nitrogens is 1. The third kappa shape index (κ3) is 2.89. The molecule has 0 aliphatic heterocycles. The van der Waals surface area contributed by atoms with E-state index in [1.807, 2.05) is 25.6 Å². The molecule has 0 amide bonds. The van der Waals surface area contributed by atoms with Gasteiger partial charge in [0, 0.05) is 23.2 Å². The molecule has 1 aromatic heterocycles. The van der Waals surface area contributed by atoms with Crippen LogP contribution >= 0.6 is 11.3 Å². The van der Waals surface area contributed by atoms with Crippen LogP contribution in [0.15, 0.2) is 11.7 Å². The Hall–Kier alpha value is -0.450. The lowest BCUT2D eigenvalue weighted by molar-refractivity contribution is 0.187. The highest BCUT2D eigenvalue weighted by Gasteiger charge is 2.14. The molecule has 0 unspecified atom stereocenters. The Bertz CT molecular complexity index is 221. The molecule has 0 saturated heterocycles. The Labute approximate surface area is 76.5 Å². The summed E-state index contributed by atoms with van der Waals surface area (Å²) in [7, 11) is 0. The van der Waals surface area contributed by atoms with Crippen LogP contribution in [0, 0.1) is 0 Å². The molecule has 0 atom stereocenters. The third-order valence-corrected chi connectivity index (χ3v) is 2.40. The Morgan fingerprint density at radius 2 is 2.42 bits per heavy atom. The van der Waals surface area contributed by atoms with Gasteiger partial charge in [-0.3, -0.25) is 4.98 Å². The van der Waals surface area contributed by atoms with Gasteiger partial charge in [-0.15, -0.1) is 11.3 Å². The Morgan fingerprint density at radius 3 is 2.92 bits per heavy atom. The minimum Gasteiger partial charge on any atom is -0.394 e. The first-order valence-corrected chi connectivity index (χ1v) is 4.75. The van der Waals surface area contributed by atoms with Crippen molar-refractivity contribution in [2.75, 3.05) is 6.61 Å².